The molecule has 0 aromatic heterocycles. The molecule has 0 saturated heterocycles. The van der Waals surface area contributed by atoms with Crippen molar-refractivity contribution in [2.75, 3.05) is 99.1 Å². The molecule has 0 spiro atoms. The van der Waals surface area contributed by atoms with E-state index in [-0.39, 0.29) is 0 Å². The van der Waals surface area contributed by atoms with Gasteiger partial charge in [0.1, 0.15) is 58.5 Å². The van der Waals surface area contributed by atoms with E-state index < -0.39 is 0 Å². The van der Waals surface area contributed by atoms with Crippen molar-refractivity contribution in [1.29, 1.82) is 0 Å². The lowest BCUT2D eigenvalue weighted by molar-refractivity contribution is -0.686. The number of terminal acetylenes is 1. The normalized spacial score (nSPS) is 15.8. The average molecular weight is 667 g/mol. The maximum Gasteiger partial charge on any atom is 0.161 e. The number of para-hydroxylation sites is 2. The van der Waals surface area contributed by atoms with E-state index in [1.165, 1.54) is 5.56 Å². The molecule has 0 amide bonds. The van der Waals surface area contributed by atoms with Gasteiger partial charge in [-0.05, 0) is 54.6 Å². The summed E-state index contributed by atoms with van der Waals surface area (Å²) >= 11 is 0. The van der Waals surface area contributed by atoms with Gasteiger partial charge < -0.3 is 52.7 Å². The third-order valence-corrected chi connectivity index (χ3v) is 6.91. The van der Waals surface area contributed by atoms with Gasteiger partial charge in [-0.25, -0.2) is 0 Å². The Hall–Kier alpha value is -4.02. The van der Waals surface area contributed by atoms with Crippen LogP contribution in [0.25, 0.3) is 0 Å². The summed E-state index contributed by atoms with van der Waals surface area (Å²) < 4.78 is 57.4. The number of hydrogen-bond acceptors (Lipinski definition) is 10. The van der Waals surface area contributed by atoms with Gasteiger partial charge in [0.25, 0.3) is 0 Å². The second-order valence-corrected chi connectivity index (χ2v) is 10.5. The van der Waals surface area contributed by atoms with Crippen LogP contribution in [0.5, 0.6) is 28.7 Å². The lowest BCUT2D eigenvalue weighted by Crippen LogP contribution is -2.80. The molecule has 0 saturated carbocycles. The van der Waals surface area contributed by atoms with Crippen molar-refractivity contribution in [3.8, 4) is 41.1 Å². The van der Waals surface area contributed by atoms with Gasteiger partial charge in [0, 0.05) is 11.1 Å². The van der Waals surface area contributed by atoms with Gasteiger partial charge in [0.05, 0.1) is 59.5 Å². The van der Waals surface area contributed by atoms with Crippen molar-refractivity contribution in [3.05, 3.63) is 77.9 Å². The quantitative estimate of drug-likeness (QED) is 0.270. The van der Waals surface area contributed by atoms with Crippen LogP contribution in [0.3, 0.4) is 0 Å². The van der Waals surface area contributed by atoms with E-state index in [0.717, 1.165) is 24.4 Å². The molecule has 0 bridgehead atoms. The van der Waals surface area contributed by atoms with E-state index in [4.69, 9.17) is 53.8 Å². The highest BCUT2D eigenvalue weighted by Crippen LogP contribution is 2.29. The molecule has 1 aliphatic rings. The van der Waals surface area contributed by atoms with E-state index in [0.29, 0.717) is 122 Å². The van der Waals surface area contributed by atoms with Gasteiger partial charge in [-0.2, -0.15) is 0 Å². The van der Waals surface area contributed by atoms with Crippen molar-refractivity contribution in [3.63, 3.8) is 0 Å². The molecule has 0 unspecified atom stereocenters. The first-order valence-corrected chi connectivity index (χ1v) is 16.4. The van der Waals surface area contributed by atoms with Crippen LogP contribution < -0.4 is 29.0 Å². The standard InChI is InChI=1S/C37H47NO10/c1-2-13-39-18-23-44-33-10-7-31(8-11-33)29-38-30-32-9-12-36-37(28-32)48-27-22-43-17-16-41-20-25-46-35-6-4-3-5-34(35)45-24-19-40-14-15-42-21-26-47-36/h1,3-12,28,38H,13-27,29-30H2/p+1. The van der Waals surface area contributed by atoms with Crippen molar-refractivity contribution in [2.24, 2.45) is 0 Å². The van der Waals surface area contributed by atoms with E-state index in [9.17, 15) is 0 Å². The molecule has 2 N–H and O–H groups in total. The first-order valence-electron chi connectivity index (χ1n) is 16.4. The molecule has 1 aliphatic heterocycles. The van der Waals surface area contributed by atoms with Gasteiger partial charge in [-0.3, -0.25) is 0 Å². The maximum atomic E-state index is 6.10. The third kappa shape index (κ3) is 14.8. The molecule has 4 rings (SSSR count). The lowest BCUT2D eigenvalue weighted by Gasteiger charge is -2.15. The zero-order valence-corrected chi connectivity index (χ0v) is 27.6. The number of benzene rings is 3. The Kier molecular flexibility index (Phi) is 17.9. The molecule has 1 heterocycles. The molecular weight excluding hydrogens is 618 g/mol. The SMILES string of the molecule is C#CCOCCOc1ccc(C[NH2+]Cc2ccc3c(c2)OCCOCCOCCOc2ccccc2OCCOCCOCCO3)cc1. The molecule has 0 aliphatic carbocycles. The Morgan fingerprint density at radius 2 is 1.02 bits per heavy atom. The Labute approximate surface area is 283 Å². The zero-order chi connectivity index (χ0) is 33.3. The predicted octanol–water partition coefficient (Wildman–Crippen LogP) is 3.27. The van der Waals surface area contributed by atoms with Gasteiger partial charge in [0.15, 0.2) is 23.0 Å². The molecule has 260 valence electrons. The summed E-state index contributed by atoms with van der Waals surface area (Å²) in [5.74, 6) is 5.92. The molecule has 11 nitrogen and oxygen atoms in total. The summed E-state index contributed by atoms with van der Waals surface area (Å²) in [4.78, 5) is 0. The Bertz CT molecular complexity index is 1330. The minimum Gasteiger partial charge on any atom is -0.491 e. The van der Waals surface area contributed by atoms with Crippen molar-refractivity contribution in [2.45, 2.75) is 13.1 Å². The monoisotopic (exact) mass is 666 g/mol. The number of quaternary nitrogens is 1. The number of fused-ring (bicyclic) bond motifs is 2. The number of hydrogen-bond donors (Lipinski definition) is 1. The summed E-state index contributed by atoms with van der Waals surface area (Å²) in [5, 5.41) is 2.24. The van der Waals surface area contributed by atoms with Crippen LogP contribution in [0.1, 0.15) is 11.1 Å². The van der Waals surface area contributed by atoms with Crippen molar-refractivity contribution in [1.82, 2.24) is 0 Å². The summed E-state index contributed by atoms with van der Waals surface area (Å²) in [6.45, 7) is 7.91. The number of rotatable bonds is 9. The number of ether oxygens (including phenoxy) is 10. The predicted molar refractivity (Wildman–Crippen MR) is 179 cm³/mol. The smallest absolute Gasteiger partial charge is 0.161 e. The van der Waals surface area contributed by atoms with Crippen LogP contribution in [0.2, 0.25) is 0 Å². The summed E-state index contributed by atoms with van der Waals surface area (Å²) in [5.41, 5.74) is 2.32. The molecule has 48 heavy (non-hydrogen) atoms. The molecule has 0 atom stereocenters. The van der Waals surface area contributed by atoms with Crippen LogP contribution >= 0.6 is 0 Å². The second kappa shape index (κ2) is 23.3. The van der Waals surface area contributed by atoms with Gasteiger partial charge in [-0.15, -0.1) is 6.42 Å². The Balaban J connectivity index is 1.22. The third-order valence-electron chi connectivity index (χ3n) is 6.91. The highest BCUT2D eigenvalue weighted by molar-refractivity contribution is 5.43. The molecule has 11 heteroatoms. The van der Waals surface area contributed by atoms with Crippen molar-refractivity contribution >= 4 is 0 Å². The van der Waals surface area contributed by atoms with Gasteiger partial charge in [-0.1, -0.05) is 18.1 Å². The molecule has 3 aromatic rings. The lowest BCUT2D eigenvalue weighted by atomic mass is 10.2. The van der Waals surface area contributed by atoms with Crippen LogP contribution in [0.4, 0.5) is 0 Å². The Morgan fingerprint density at radius 1 is 0.542 bits per heavy atom. The zero-order valence-electron chi connectivity index (χ0n) is 27.6. The minimum atomic E-state index is 0.293. The van der Waals surface area contributed by atoms with E-state index in [1.807, 2.05) is 48.5 Å². The van der Waals surface area contributed by atoms with Crippen LogP contribution in [0, 0.1) is 12.3 Å². The molecule has 3 aromatic carbocycles. The van der Waals surface area contributed by atoms with Crippen LogP contribution in [-0.4, -0.2) is 99.1 Å². The van der Waals surface area contributed by atoms with Crippen molar-refractivity contribution < 1.29 is 52.7 Å². The molecular formula is C37H48NO10+. The summed E-state index contributed by atoms with van der Waals surface area (Å²) in [6, 6.07) is 21.7. The highest BCUT2D eigenvalue weighted by Gasteiger charge is 2.10. The van der Waals surface area contributed by atoms with Crippen LogP contribution in [-0.2, 0) is 36.8 Å². The highest BCUT2D eigenvalue weighted by atomic mass is 16.6. The minimum absolute atomic E-state index is 0.293. The van der Waals surface area contributed by atoms with E-state index in [2.05, 4.69) is 29.4 Å². The first kappa shape index (κ1) is 36.8. The van der Waals surface area contributed by atoms with Gasteiger partial charge in [0.2, 0.25) is 0 Å². The fraction of sp³-hybridized carbons (Fsp3) is 0.459. The first-order chi connectivity index (χ1) is 23.8. The molecule has 0 radical (unpaired) electrons. The molecule has 0 fully saturated rings. The maximum absolute atomic E-state index is 6.10. The average Bonchev–Trinajstić information content (AvgIpc) is 3.11. The fourth-order valence-electron chi connectivity index (χ4n) is 4.56. The summed E-state index contributed by atoms with van der Waals surface area (Å²) in [7, 11) is 0. The Morgan fingerprint density at radius 3 is 1.58 bits per heavy atom. The number of nitrogens with two attached hydrogens (primary N) is 1. The fourth-order valence-corrected chi connectivity index (χ4v) is 4.56. The second-order valence-electron chi connectivity index (χ2n) is 10.5. The van der Waals surface area contributed by atoms with E-state index >= 15 is 0 Å². The van der Waals surface area contributed by atoms with E-state index in [1.54, 1.807) is 0 Å². The van der Waals surface area contributed by atoms with Gasteiger partial charge >= 0.3 is 0 Å². The van der Waals surface area contributed by atoms with Crippen LogP contribution in [0.15, 0.2) is 66.7 Å². The topological polar surface area (TPSA) is 109 Å². The largest absolute Gasteiger partial charge is 0.491 e. The summed E-state index contributed by atoms with van der Waals surface area (Å²) in [6.07, 6.45) is 5.18.